The van der Waals surface area contributed by atoms with Crippen molar-refractivity contribution in [2.24, 2.45) is 0 Å². The second-order valence-electron chi connectivity index (χ2n) is 7.60. The van der Waals surface area contributed by atoms with E-state index in [4.69, 9.17) is 4.74 Å². The van der Waals surface area contributed by atoms with Crippen LogP contribution in [0.1, 0.15) is 34.8 Å². The van der Waals surface area contributed by atoms with Crippen molar-refractivity contribution in [3.05, 3.63) is 66.0 Å². The highest BCUT2D eigenvalue weighted by Crippen LogP contribution is 2.31. The van der Waals surface area contributed by atoms with Crippen LogP contribution >= 0.6 is 12.4 Å². The third-order valence-electron chi connectivity index (χ3n) is 5.44. The van der Waals surface area contributed by atoms with Crippen LogP contribution in [0.15, 0.2) is 54.7 Å². The summed E-state index contributed by atoms with van der Waals surface area (Å²) in [6.07, 6.45) is -1.54. The van der Waals surface area contributed by atoms with Crippen molar-refractivity contribution in [1.82, 2.24) is 15.1 Å². The van der Waals surface area contributed by atoms with Crippen molar-refractivity contribution in [1.29, 1.82) is 0 Å². The van der Waals surface area contributed by atoms with Gasteiger partial charge in [0.25, 0.3) is 5.91 Å². The van der Waals surface area contributed by atoms with E-state index in [0.717, 1.165) is 49.4 Å². The molecule has 1 aliphatic rings. The Morgan fingerprint density at radius 3 is 2.26 bits per heavy atom. The van der Waals surface area contributed by atoms with Crippen LogP contribution in [0.4, 0.5) is 18.9 Å². The average Bonchev–Trinajstić information content (AvgIpc) is 3.25. The number of anilines is 1. The Labute approximate surface area is 200 Å². The number of hydrogen-bond donors (Lipinski definition) is 2. The molecular formula is C23H24ClF3N4O3. The Balaban J connectivity index is 0.00000324. The second kappa shape index (κ2) is 10.8. The van der Waals surface area contributed by atoms with Gasteiger partial charge in [0.05, 0.1) is 30.3 Å². The van der Waals surface area contributed by atoms with Gasteiger partial charge in [0.1, 0.15) is 11.5 Å². The topological polar surface area (TPSA) is 77.4 Å². The van der Waals surface area contributed by atoms with Crippen molar-refractivity contribution >= 4 is 24.0 Å². The molecule has 7 nitrogen and oxygen atoms in total. The summed E-state index contributed by atoms with van der Waals surface area (Å²) in [5.74, 6) is 0.0976. The van der Waals surface area contributed by atoms with Crippen LogP contribution < -0.4 is 20.1 Å². The van der Waals surface area contributed by atoms with Crippen LogP contribution in [0.5, 0.6) is 11.5 Å². The van der Waals surface area contributed by atoms with Crippen LogP contribution in [0.3, 0.4) is 0 Å². The minimum atomic E-state index is -4.77. The van der Waals surface area contributed by atoms with Crippen LogP contribution in [0.2, 0.25) is 0 Å². The lowest BCUT2D eigenvalue weighted by Crippen LogP contribution is -2.29. The van der Waals surface area contributed by atoms with Crippen LogP contribution in [-0.4, -0.2) is 42.2 Å². The largest absolute Gasteiger partial charge is 0.573 e. The van der Waals surface area contributed by atoms with E-state index in [9.17, 15) is 18.0 Å². The van der Waals surface area contributed by atoms with Crippen LogP contribution in [-0.2, 0) is 0 Å². The van der Waals surface area contributed by atoms with Gasteiger partial charge in [-0.1, -0.05) is 0 Å². The number of benzene rings is 2. The normalized spacial score (nSPS) is 14.2. The SMILES string of the molecule is COc1ccc(-n2ncc(C(=O)Nc3ccc(OC(F)(F)F)cc3)c2C2CCNCC2)cc1.Cl. The number of methoxy groups -OCH3 is 1. The molecule has 2 aromatic carbocycles. The van der Waals surface area contributed by atoms with Gasteiger partial charge < -0.3 is 20.1 Å². The Bertz CT molecular complexity index is 1100. The number of rotatable bonds is 6. The summed E-state index contributed by atoms with van der Waals surface area (Å²) in [6.45, 7) is 1.67. The molecule has 0 bridgehead atoms. The second-order valence-corrected chi connectivity index (χ2v) is 7.60. The fourth-order valence-corrected chi connectivity index (χ4v) is 3.89. The maximum Gasteiger partial charge on any atom is 0.573 e. The first-order valence-electron chi connectivity index (χ1n) is 10.4. The van der Waals surface area contributed by atoms with Crippen molar-refractivity contribution in [3.63, 3.8) is 0 Å². The van der Waals surface area contributed by atoms with Crippen LogP contribution in [0.25, 0.3) is 5.69 Å². The Morgan fingerprint density at radius 1 is 1.06 bits per heavy atom. The number of ether oxygens (including phenoxy) is 2. The van der Waals surface area contributed by atoms with Gasteiger partial charge in [-0.3, -0.25) is 4.79 Å². The summed E-state index contributed by atoms with van der Waals surface area (Å²) < 4.78 is 48.0. The number of carbonyl (C=O) groups is 1. The van der Waals surface area contributed by atoms with E-state index in [2.05, 4.69) is 20.5 Å². The lowest BCUT2D eigenvalue weighted by atomic mass is 9.91. The molecule has 0 radical (unpaired) electrons. The number of nitrogens with zero attached hydrogens (tertiary/aromatic N) is 2. The number of hydrogen-bond acceptors (Lipinski definition) is 5. The highest BCUT2D eigenvalue weighted by atomic mass is 35.5. The van der Waals surface area contributed by atoms with Crippen molar-refractivity contribution < 1.29 is 27.4 Å². The predicted molar refractivity (Wildman–Crippen MR) is 123 cm³/mol. The Hall–Kier alpha value is -3.24. The summed E-state index contributed by atoms with van der Waals surface area (Å²) >= 11 is 0. The zero-order chi connectivity index (χ0) is 23.4. The molecule has 34 heavy (non-hydrogen) atoms. The van der Waals surface area contributed by atoms with E-state index in [1.54, 1.807) is 11.8 Å². The average molecular weight is 497 g/mol. The van der Waals surface area contributed by atoms with E-state index < -0.39 is 6.36 Å². The summed E-state index contributed by atoms with van der Waals surface area (Å²) in [6, 6.07) is 12.4. The smallest absolute Gasteiger partial charge is 0.497 e. The van der Waals surface area contributed by atoms with Crippen molar-refractivity contribution in [3.8, 4) is 17.2 Å². The Morgan fingerprint density at radius 2 is 1.68 bits per heavy atom. The molecule has 0 spiro atoms. The molecule has 1 amide bonds. The zero-order valence-corrected chi connectivity index (χ0v) is 19.1. The first kappa shape index (κ1) is 25.4. The van der Waals surface area contributed by atoms with E-state index >= 15 is 0 Å². The van der Waals surface area contributed by atoms with Gasteiger partial charge in [0.2, 0.25) is 0 Å². The van der Waals surface area contributed by atoms with Gasteiger partial charge in [-0.2, -0.15) is 5.10 Å². The van der Waals surface area contributed by atoms with Gasteiger partial charge in [-0.25, -0.2) is 4.68 Å². The number of nitrogens with one attached hydrogen (secondary N) is 2. The highest BCUT2D eigenvalue weighted by Gasteiger charge is 2.31. The number of halogens is 4. The van der Waals surface area contributed by atoms with Gasteiger partial charge in [0, 0.05) is 11.6 Å². The monoisotopic (exact) mass is 496 g/mol. The lowest BCUT2D eigenvalue weighted by molar-refractivity contribution is -0.274. The lowest BCUT2D eigenvalue weighted by Gasteiger charge is -2.24. The van der Waals surface area contributed by atoms with Gasteiger partial charge in [-0.15, -0.1) is 25.6 Å². The summed E-state index contributed by atoms with van der Waals surface area (Å²) in [5.41, 5.74) is 2.38. The quantitative estimate of drug-likeness (QED) is 0.506. The molecule has 0 atom stereocenters. The fraction of sp³-hybridized carbons (Fsp3) is 0.304. The number of aromatic nitrogens is 2. The standard InChI is InChI=1S/C23H23F3N4O3.ClH/c1-32-18-8-4-17(5-9-18)30-21(15-10-12-27-13-11-15)20(14-28-30)22(31)29-16-2-6-19(7-3-16)33-23(24,25)26;/h2-9,14-15,27H,10-13H2,1H3,(H,29,31);1H. The third kappa shape index (κ3) is 6.00. The number of alkyl halides is 3. The molecule has 4 rings (SSSR count). The van der Waals surface area contributed by atoms with Gasteiger partial charge in [-0.05, 0) is 74.5 Å². The van der Waals surface area contributed by atoms with Crippen molar-refractivity contribution in [2.45, 2.75) is 25.1 Å². The molecule has 2 N–H and O–H groups in total. The van der Waals surface area contributed by atoms with E-state index in [0.29, 0.717) is 17.0 Å². The highest BCUT2D eigenvalue weighted by molar-refractivity contribution is 6.05. The maximum atomic E-state index is 13.1. The number of piperidine rings is 1. The predicted octanol–water partition coefficient (Wildman–Crippen LogP) is 4.92. The molecular weight excluding hydrogens is 473 g/mol. The first-order chi connectivity index (χ1) is 15.8. The molecule has 1 aliphatic heterocycles. The van der Waals surface area contributed by atoms with Crippen molar-refractivity contribution in [2.75, 3.05) is 25.5 Å². The Kier molecular flexibility index (Phi) is 8.06. The summed E-state index contributed by atoms with van der Waals surface area (Å²) in [7, 11) is 1.59. The van der Waals surface area contributed by atoms with E-state index in [-0.39, 0.29) is 30.0 Å². The molecule has 0 saturated carbocycles. The molecule has 3 aromatic rings. The molecule has 0 unspecified atom stereocenters. The van der Waals surface area contributed by atoms with E-state index in [1.807, 2.05) is 24.3 Å². The number of carbonyl (C=O) groups excluding carboxylic acids is 1. The third-order valence-corrected chi connectivity index (χ3v) is 5.44. The number of amides is 1. The van der Waals surface area contributed by atoms with Gasteiger partial charge >= 0.3 is 6.36 Å². The molecule has 11 heteroatoms. The molecule has 2 heterocycles. The zero-order valence-electron chi connectivity index (χ0n) is 18.3. The molecule has 1 fully saturated rings. The molecule has 1 aromatic heterocycles. The minimum Gasteiger partial charge on any atom is -0.497 e. The van der Waals surface area contributed by atoms with Gasteiger partial charge in [0.15, 0.2) is 0 Å². The first-order valence-corrected chi connectivity index (χ1v) is 10.4. The van der Waals surface area contributed by atoms with Crippen LogP contribution in [0, 0.1) is 0 Å². The van der Waals surface area contributed by atoms with E-state index in [1.165, 1.54) is 18.3 Å². The molecule has 182 valence electrons. The summed E-state index contributed by atoms with van der Waals surface area (Å²) in [4.78, 5) is 13.1. The molecule has 1 saturated heterocycles. The molecule has 0 aliphatic carbocycles. The summed E-state index contributed by atoms with van der Waals surface area (Å²) in [5, 5.41) is 10.6. The minimum absolute atomic E-state index is 0. The maximum absolute atomic E-state index is 13.1. The fourth-order valence-electron chi connectivity index (χ4n) is 3.89.